The lowest BCUT2D eigenvalue weighted by atomic mass is 10.0. The van der Waals surface area contributed by atoms with Crippen LogP contribution in [0.2, 0.25) is 0 Å². The van der Waals surface area contributed by atoms with Crippen LogP contribution >= 0.6 is 11.3 Å². The molecule has 1 unspecified atom stereocenters. The van der Waals surface area contributed by atoms with Crippen molar-refractivity contribution in [2.24, 2.45) is 10.9 Å². The Labute approximate surface area is 181 Å². The summed E-state index contributed by atoms with van der Waals surface area (Å²) in [5.41, 5.74) is 4.05. The monoisotopic (exact) mass is 423 g/mol. The SMILES string of the molecule is Cc1ccc(N=c2scc(-c3cccc([N+](=O)[O-])c3)n2C(C)CCCC(C)C)cc1. The van der Waals surface area contributed by atoms with Crippen molar-refractivity contribution >= 4 is 22.7 Å². The van der Waals surface area contributed by atoms with Crippen LogP contribution in [0.1, 0.15) is 51.6 Å². The molecule has 0 aliphatic rings. The average molecular weight is 424 g/mol. The second-order valence-electron chi connectivity index (χ2n) is 8.20. The number of nitro benzene ring substituents is 1. The normalized spacial score (nSPS) is 13.0. The van der Waals surface area contributed by atoms with Crippen LogP contribution in [0.25, 0.3) is 11.3 Å². The first-order chi connectivity index (χ1) is 14.3. The number of non-ortho nitro benzene ring substituents is 1. The third-order valence-electron chi connectivity index (χ3n) is 5.20. The maximum absolute atomic E-state index is 11.3. The molecular weight excluding hydrogens is 394 g/mol. The van der Waals surface area contributed by atoms with Crippen LogP contribution in [0.5, 0.6) is 0 Å². The van der Waals surface area contributed by atoms with Gasteiger partial charge < -0.3 is 4.57 Å². The largest absolute Gasteiger partial charge is 0.314 e. The first-order valence-corrected chi connectivity index (χ1v) is 11.3. The highest BCUT2D eigenvalue weighted by Gasteiger charge is 2.16. The molecule has 1 heterocycles. The van der Waals surface area contributed by atoms with Gasteiger partial charge in [0.1, 0.15) is 0 Å². The number of aryl methyl sites for hydroxylation is 1. The van der Waals surface area contributed by atoms with Crippen LogP contribution in [0, 0.1) is 23.0 Å². The van der Waals surface area contributed by atoms with Gasteiger partial charge in [-0.3, -0.25) is 10.1 Å². The van der Waals surface area contributed by atoms with Gasteiger partial charge in [0.15, 0.2) is 4.80 Å². The van der Waals surface area contributed by atoms with Gasteiger partial charge in [0.25, 0.3) is 5.69 Å². The Morgan fingerprint density at radius 3 is 2.50 bits per heavy atom. The Bertz CT molecular complexity index is 1060. The fourth-order valence-corrected chi connectivity index (χ4v) is 4.51. The molecule has 0 fully saturated rings. The van der Waals surface area contributed by atoms with Gasteiger partial charge in [-0.25, -0.2) is 4.99 Å². The summed E-state index contributed by atoms with van der Waals surface area (Å²) in [7, 11) is 0. The number of benzene rings is 2. The Balaban J connectivity index is 2.06. The molecule has 5 nitrogen and oxygen atoms in total. The van der Waals surface area contributed by atoms with Gasteiger partial charge in [0.2, 0.25) is 0 Å². The Morgan fingerprint density at radius 1 is 1.10 bits per heavy atom. The van der Waals surface area contributed by atoms with Crippen LogP contribution in [0.3, 0.4) is 0 Å². The first-order valence-electron chi connectivity index (χ1n) is 10.4. The van der Waals surface area contributed by atoms with Crippen molar-refractivity contribution in [3.63, 3.8) is 0 Å². The molecule has 0 radical (unpaired) electrons. The second-order valence-corrected chi connectivity index (χ2v) is 9.04. The maximum Gasteiger partial charge on any atom is 0.270 e. The Kier molecular flexibility index (Phi) is 7.21. The van der Waals surface area contributed by atoms with E-state index in [2.05, 4.69) is 49.8 Å². The molecule has 3 rings (SSSR count). The molecule has 0 bridgehead atoms. The van der Waals surface area contributed by atoms with Crippen molar-refractivity contribution in [1.29, 1.82) is 0 Å². The summed E-state index contributed by atoms with van der Waals surface area (Å²) in [6, 6.07) is 15.3. The van der Waals surface area contributed by atoms with Crippen molar-refractivity contribution in [3.8, 4) is 11.3 Å². The zero-order chi connectivity index (χ0) is 21.7. The molecule has 30 heavy (non-hydrogen) atoms. The second kappa shape index (κ2) is 9.85. The van der Waals surface area contributed by atoms with E-state index in [9.17, 15) is 10.1 Å². The van der Waals surface area contributed by atoms with E-state index >= 15 is 0 Å². The highest BCUT2D eigenvalue weighted by molar-refractivity contribution is 7.07. The number of rotatable bonds is 8. The molecule has 1 atom stereocenters. The molecular formula is C24H29N3O2S. The molecule has 1 aromatic heterocycles. The van der Waals surface area contributed by atoms with Gasteiger partial charge in [-0.2, -0.15) is 0 Å². The van der Waals surface area contributed by atoms with Crippen LogP contribution in [-0.4, -0.2) is 9.49 Å². The number of nitro groups is 1. The summed E-state index contributed by atoms with van der Waals surface area (Å²) >= 11 is 1.58. The van der Waals surface area contributed by atoms with Gasteiger partial charge >= 0.3 is 0 Å². The van der Waals surface area contributed by atoms with E-state index < -0.39 is 0 Å². The summed E-state index contributed by atoms with van der Waals surface area (Å²) in [4.78, 5) is 16.7. The number of hydrogen-bond donors (Lipinski definition) is 0. The summed E-state index contributed by atoms with van der Waals surface area (Å²) in [6.07, 6.45) is 3.36. The van der Waals surface area contributed by atoms with Crippen molar-refractivity contribution in [1.82, 2.24) is 4.57 Å². The lowest BCUT2D eigenvalue weighted by molar-refractivity contribution is -0.384. The highest BCUT2D eigenvalue weighted by Crippen LogP contribution is 2.29. The third-order valence-corrected chi connectivity index (χ3v) is 6.04. The van der Waals surface area contributed by atoms with Crippen molar-refractivity contribution in [3.05, 3.63) is 74.4 Å². The van der Waals surface area contributed by atoms with Gasteiger partial charge in [0.05, 0.1) is 16.3 Å². The zero-order valence-electron chi connectivity index (χ0n) is 18.0. The van der Waals surface area contributed by atoms with Crippen molar-refractivity contribution in [2.75, 3.05) is 0 Å². The molecule has 6 heteroatoms. The number of hydrogen-bond acceptors (Lipinski definition) is 4. The van der Waals surface area contributed by atoms with Crippen LogP contribution < -0.4 is 4.80 Å². The quantitative estimate of drug-likeness (QED) is 0.288. The van der Waals surface area contributed by atoms with E-state index in [4.69, 9.17) is 4.99 Å². The standard InChI is InChI=1S/C24H29N3O2S/c1-17(2)7-5-8-19(4)26-23(20-9-6-10-22(15-20)27(28)29)16-30-24(26)25-21-13-11-18(3)12-14-21/h6,9-17,19H,5,7-8H2,1-4H3. The summed E-state index contributed by atoms with van der Waals surface area (Å²) < 4.78 is 2.24. The maximum atomic E-state index is 11.3. The van der Waals surface area contributed by atoms with Crippen LogP contribution in [0.4, 0.5) is 11.4 Å². The summed E-state index contributed by atoms with van der Waals surface area (Å²) in [5, 5.41) is 13.3. The van der Waals surface area contributed by atoms with E-state index in [-0.39, 0.29) is 16.7 Å². The molecule has 0 saturated carbocycles. The number of nitrogens with zero attached hydrogens (tertiary/aromatic N) is 3. The van der Waals surface area contributed by atoms with Gasteiger partial charge in [-0.05, 0) is 38.3 Å². The van der Waals surface area contributed by atoms with Crippen LogP contribution in [0.15, 0.2) is 58.9 Å². The summed E-state index contributed by atoms with van der Waals surface area (Å²) in [5.74, 6) is 0.678. The molecule has 0 saturated heterocycles. The fraction of sp³-hybridized carbons (Fsp3) is 0.375. The highest BCUT2D eigenvalue weighted by atomic mass is 32.1. The predicted molar refractivity (Wildman–Crippen MR) is 124 cm³/mol. The van der Waals surface area contributed by atoms with Crippen LogP contribution in [-0.2, 0) is 0 Å². The molecule has 0 amide bonds. The van der Waals surface area contributed by atoms with Gasteiger partial charge in [0, 0.05) is 29.1 Å². The lowest BCUT2D eigenvalue weighted by Gasteiger charge is -2.18. The van der Waals surface area contributed by atoms with E-state index in [0.29, 0.717) is 5.92 Å². The van der Waals surface area contributed by atoms with Gasteiger partial charge in [-0.1, -0.05) is 56.5 Å². The minimum absolute atomic E-state index is 0.106. The molecule has 0 aliphatic heterocycles. The Morgan fingerprint density at radius 2 is 1.83 bits per heavy atom. The zero-order valence-corrected chi connectivity index (χ0v) is 18.9. The first kappa shape index (κ1) is 22.0. The van der Waals surface area contributed by atoms with E-state index in [0.717, 1.165) is 34.6 Å². The van der Waals surface area contributed by atoms with E-state index in [1.54, 1.807) is 23.5 Å². The van der Waals surface area contributed by atoms with E-state index in [1.165, 1.54) is 18.1 Å². The minimum atomic E-state index is -0.343. The van der Waals surface area contributed by atoms with Crippen molar-refractivity contribution < 1.29 is 4.92 Å². The average Bonchev–Trinajstić information content (AvgIpc) is 3.13. The Hall–Kier alpha value is -2.73. The number of aromatic nitrogens is 1. The number of thiazole rings is 1. The molecule has 2 aromatic carbocycles. The molecule has 0 spiro atoms. The fourth-order valence-electron chi connectivity index (χ4n) is 3.50. The molecule has 3 aromatic rings. The van der Waals surface area contributed by atoms with E-state index in [1.807, 2.05) is 18.2 Å². The van der Waals surface area contributed by atoms with Crippen molar-refractivity contribution in [2.45, 2.75) is 53.0 Å². The molecule has 0 N–H and O–H groups in total. The predicted octanol–water partition coefficient (Wildman–Crippen LogP) is 7.05. The lowest BCUT2D eigenvalue weighted by Crippen LogP contribution is -2.20. The topological polar surface area (TPSA) is 60.4 Å². The molecule has 158 valence electrons. The third kappa shape index (κ3) is 5.45. The molecule has 0 aliphatic carbocycles. The smallest absolute Gasteiger partial charge is 0.270 e. The summed E-state index contributed by atoms with van der Waals surface area (Å²) in [6.45, 7) is 8.76. The van der Waals surface area contributed by atoms with Gasteiger partial charge in [-0.15, -0.1) is 11.3 Å². The minimum Gasteiger partial charge on any atom is -0.314 e.